The van der Waals surface area contributed by atoms with Gasteiger partial charge in [-0.1, -0.05) is 11.6 Å². The average molecular weight is 430 g/mol. The quantitative estimate of drug-likeness (QED) is 0.565. The van der Waals surface area contributed by atoms with E-state index < -0.39 is 5.91 Å². The summed E-state index contributed by atoms with van der Waals surface area (Å²) in [5.74, 6) is -0.312. The molecule has 1 aromatic heterocycles. The van der Waals surface area contributed by atoms with E-state index in [1.807, 2.05) is 0 Å². The number of carbonyl (C=O) groups is 2. The van der Waals surface area contributed by atoms with Gasteiger partial charge in [0.25, 0.3) is 11.8 Å². The molecule has 0 saturated carbocycles. The van der Waals surface area contributed by atoms with Crippen molar-refractivity contribution >= 4 is 52.2 Å². The monoisotopic (exact) mass is 429 g/mol. The van der Waals surface area contributed by atoms with E-state index in [0.29, 0.717) is 28.0 Å². The molecule has 0 spiro atoms. The van der Waals surface area contributed by atoms with Crippen molar-refractivity contribution in [1.29, 1.82) is 0 Å². The highest BCUT2D eigenvalue weighted by atomic mass is 35.5. The summed E-state index contributed by atoms with van der Waals surface area (Å²) in [7, 11) is 0. The standard InChI is InChI=1S/C18H20ClN3O3S.ClH/c19-12-1-2-13(15(23)9-12)17(25)22-18-14(5-8-26-18)16(24)21-7-4-11-3-6-20-10-11;/h1-2,5,8-9,11,20,23H,3-4,6-7,10H2,(H,21,24)(H,22,25);1H. The second kappa shape index (κ2) is 9.94. The maximum Gasteiger partial charge on any atom is 0.260 e. The molecule has 0 aliphatic carbocycles. The lowest BCUT2D eigenvalue weighted by Crippen LogP contribution is -2.27. The third kappa shape index (κ3) is 5.59. The van der Waals surface area contributed by atoms with Crippen LogP contribution in [0.15, 0.2) is 29.6 Å². The lowest BCUT2D eigenvalue weighted by molar-refractivity contribution is 0.0953. The summed E-state index contributed by atoms with van der Waals surface area (Å²) >= 11 is 7.04. The van der Waals surface area contributed by atoms with Crippen molar-refractivity contribution < 1.29 is 14.7 Å². The molecule has 1 aliphatic rings. The number of phenolic OH excluding ortho intramolecular Hbond substituents is 1. The number of benzene rings is 1. The first-order chi connectivity index (χ1) is 12.5. The van der Waals surface area contributed by atoms with Crippen LogP contribution >= 0.6 is 35.3 Å². The fourth-order valence-electron chi connectivity index (χ4n) is 2.90. The number of thiophene rings is 1. The minimum Gasteiger partial charge on any atom is -0.507 e. The Morgan fingerprint density at radius 1 is 1.26 bits per heavy atom. The van der Waals surface area contributed by atoms with Crippen LogP contribution in [0.1, 0.15) is 33.6 Å². The number of aromatic hydroxyl groups is 1. The highest BCUT2D eigenvalue weighted by Gasteiger charge is 2.19. The summed E-state index contributed by atoms with van der Waals surface area (Å²) in [5.41, 5.74) is 0.518. The topological polar surface area (TPSA) is 90.5 Å². The normalized spacial score (nSPS) is 15.8. The number of nitrogens with one attached hydrogen (secondary N) is 3. The first-order valence-corrected chi connectivity index (χ1v) is 9.66. The predicted molar refractivity (Wildman–Crippen MR) is 111 cm³/mol. The van der Waals surface area contributed by atoms with Crippen molar-refractivity contribution in [1.82, 2.24) is 10.6 Å². The van der Waals surface area contributed by atoms with Gasteiger partial charge in [-0.05, 0) is 61.5 Å². The van der Waals surface area contributed by atoms with Crippen LogP contribution in [0.2, 0.25) is 5.02 Å². The Bertz CT molecular complexity index is 807. The van der Waals surface area contributed by atoms with Gasteiger partial charge in [-0.3, -0.25) is 9.59 Å². The van der Waals surface area contributed by atoms with Crippen molar-refractivity contribution in [2.24, 2.45) is 5.92 Å². The fraction of sp³-hybridized carbons (Fsp3) is 0.333. The summed E-state index contributed by atoms with van der Waals surface area (Å²) in [6.45, 7) is 2.64. The van der Waals surface area contributed by atoms with Crippen LogP contribution in [0.3, 0.4) is 0 Å². The molecule has 2 amide bonds. The molecule has 1 aromatic carbocycles. The van der Waals surface area contributed by atoms with Crippen molar-refractivity contribution in [2.45, 2.75) is 12.8 Å². The molecule has 2 aromatic rings. The van der Waals surface area contributed by atoms with E-state index in [9.17, 15) is 14.7 Å². The van der Waals surface area contributed by atoms with Crippen LogP contribution in [-0.2, 0) is 0 Å². The first kappa shape index (κ1) is 21.5. The van der Waals surface area contributed by atoms with E-state index in [-0.39, 0.29) is 29.6 Å². The Morgan fingerprint density at radius 2 is 2.07 bits per heavy atom. The molecular formula is C18H21Cl2N3O3S. The minimum atomic E-state index is -0.493. The maximum absolute atomic E-state index is 12.4. The highest BCUT2D eigenvalue weighted by Crippen LogP contribution is 2.27. The Labute approximate surface area is 172 Å². The van der Waals surface area contributed by atoms with Gasteiger partial charge in [0.05, 0.1) is 11.1 Å². The number of phenols is 1. The van der Waals surface area contributed by atoms with Crippen molar-refractivity contribution in [3.8, 4) is 5.75 Å². The Kier molecular flexibility index (Phi) is 7.91. The lowest BCUT2D eigenvalue weighted by Gasteiger charge is -2.10. The van der Waals surface area contributed by atoms with Gasteiger partial charge in [-0.25, -0.2) is 0 Å². The van der Waals surface area contributed by atoms with Crippen LogP contribution in [0, 0.1) is 5.92 Å². The molecule has 146 valence electrons. The molecule has 3 rings (SSSR count). The zero-order valence-electron chi connectivity index (χ0n) is 14.5. The highest BCUT2D eigenvalue weighted by molar-refractivity contribution is 7.14. The molecule has 4 N–H and O–H groups in total. The molecule has 1 saturated heterocycles. The van der Waals surface area contributed by atoms with Gasteiger partial charge in [0.15, 0.2) is 0 Å². The third-order valence-corrected chi connectivity index (χ3v) is 5.41. The molecule has 9 heteroatoms. The predicted octanol–water partition coefficient (Wildman–Crippen LogP) is 3.51. The van der Waals surface area contributed by atoms with Crippen LogP contribution < -0.4 is 16.0 Å². The zero-order chi connectivity index (χ0) is 18.5. The summed E-state index contributed by atoms with van der Waals surface area (Å²) in [6, 6.07) is 5.94. The summed E-state index contributed by atoms with van der Waals surface area (Å²) in [5, 5.41) is 21.3. The molecule has 0 bridgehead atoms. The maximum atomic E-state index is 12.4. The molecule has 1 aliphatic heterocycles. The van der Waals surface area contributed by atoms with Crippen LogP contribution in [0.5, 0.6) is 5.75 Å². The Balaban J connectivity index is 0.00000261. The second-order valence-electron chi connectivity index (χ2n) is 6.18. The van der Waals surface area contributed by atoms with Crippen LogP contribution in [-0.4, -0.2) is 36.6 Å². The van der Waals surface area contributed by atoms with Gasteiger partial charge in [-0.2, -0.15) is 0 Å². The van der Waals surface area contributed by atoms with Gasteiger partial charge in [-0.15, -0.1) is 23.7 Å². The fourth-order valence-corrected chi connectivity index (χ4v) is 3.84. The largest absolute Gasteiger partial charge is 0.507 e. The molecule has 1 unspecified atom stereocenters. The van der Waals surface area contributed by atoms with Crippen molar-refractivity contribution in [2.75, 3.05) is 25.0 Å². The lowest BCUT2D eigenvalue weighted by atomic mass is 10.1. The van der Waals surface area contributed by atoms with Gasteiger partial charge in [0.1, 0.15) is 10.8 Å². The summed E-state index contributed by atoms with van der Waals surface area (Å²) in [4.78, 5) is 24.8. The Morgan fingerprint density at radius 3 is 2.78 bits per heavy atom. The Hall–Kier alpha value is -1.80. The number of halogens is 2. The third-order valence-electron chi connectivity index (χ3n) is 4.34. The summed E-state index contributed by atoms with van der Waals surface area (Å²) < 4.78 is 0. The van der Waals surface area contributed by atoms with Crippen LogP contribution in [0.4, 0.5) is 5.00 Å². The molecule has 1 atom stereocenters. The average Bonchev–Trinajstić information content (AvgIpc) is 3.26. The minimum absolute atomic E-state index is 0. The molecule has 27 heavy (non-hydrogen) atoms. The van der Waals surface area contributed by atoms with E-state index >= 15 is 0 Å². The van der Waals surface area contributed by atoms with Crippen LogP contribution in [0.25, 0.3) is 0 Å². The molecule has 6 nitrogen and oxygen atoms in total. The zero-order valence-corrected chi connectivity index (χ0v) is 16.8. The number of carbonyl (C=O) groups excluding carboxylic acids is 2. The number of hydrogen-bond donors (Lipinski definition) is 4. The number of anilines is 1. The van der Waals surface area contributed by atoms with Gasteiger partial charge in [0, 0.05) is 11.6 Å². The number of hydrogen-bond acceptors (Lipinski definition) is 5. The molecule has 2 heterocycles. The van der Waals surface area contributed by atoms with Crippen molar-refractivity contribution in [3.05, 3.63) is 45.8 Å². The van der Waals surface area contributed by atoms with Gasteiger partial charge in [0.2, 0.25) is 0 Å². The number of rotatable bonds is 6. The molecular weight excluding hydrogens is 409 g/mol. The SMILES string of the molecule is Cl.O=C(Nc1sccc1C(=O)NCCC1CCNC1)c1ccc(Cl)cc1O. The first-order valence-electron chi connectivity index (χ1n) is 8.41. The second-order valence-corrected chi connectivity index (χ2v) is 7.53. The smallest absolute Gasteiger partial charge is 0.260 e. The van der Waals surface area contributed by atoms with Gasteiger partial charge < -0.3 is 21.1 Å². The number of amides is 2. The van der Waals surface area contributed by atoms with E-state index in [1.165, 1.54) is 29.5 Å². The van der Waals surface area contributed by atoms with E-state index in [2.05, 4.69) is 16.0 Å². The van der Waals surface area contributed by atoms with E-state index in [0.717, 1.165) is 25.9 Å². The van der Waals surface area contributed by atoms with Crippen molar-refractivity contribution in [3.63, 3.8) is 0 Å². The molecule has 1 fully saturated rings. The van der Waals surface area contributed by atoms with E-state index in [1.54, 1.807) is 11.4 Å². The molecule has 0 radical (unpaired) electrons. The summed E-state index contributed by atoms with van der Waals surface area (Å²) in [6.07, 6.45) is 2.07. The van der Waals surface area contributed by atoms with E-state index in [4.69, 9.17) is 11.6 Å². The van der Waals surface area contributed by atoms with Gasteiger partial charge >= 0.3 is 0 Å².